The first-order valence-corrected chi connectivity index (χ1v) is 14.8. The molecule has 1 aromatic carbocycles. The average Bonchev–Trinajstić information content (AvgIpc) is 3.59. The zero-order chi connectivity index (χ0) is 26.4. The van der Waals surface area contributed by atoms with Crippen molar-refractivity contribution in [1.82, 2.24) is 19.9 Å². The van der Waals surface area contributed by atoms with Crippen LogP contribution in [0.2, 0.25) is 5.02 Å². The number of aliphatic hydroxyl groups excluding tert-OH is 1. The maximum Gasteiger partial charge on any atom is 0.296 e. The molecule has 0 amide bonds. The Balaban J connectivity index is 1.22. The summed E-state index contributed by atoms with van der Waals surface area (Å²) >= 11 is 6.59. The van der Waals surface area contributed by atoms with Crippen molar-refractivity contribution in [2.24, 2.45) is 4.36 Å². The molecule has 0 bridgehead atoms. The SMILES string of the molecule is CS(C)(=O)=NCc1ccnc(-c2ccc(-c3nc4nc(O[C@@H]5CO[C@H]6[C@@H]5OC[C@H]6O)[nH]c4cc3Cl)cc2)c1. The van der Waals surface area contributed by atoms with Gasteiger partial charge in [-0.2, -0.15) is 4.98 Å². The molecule has 2 saturated heterocycles. The molecule has 4 atom stereocenters. The fraction of sp³-hybridized carbons (Fsp3) is 0.346. The first-order valence-electron chi connectivity index (χ1n) is 12.1. The van der Waals surface area contributed by atoms with Gasteiger partial charge in [-0.25, -0.2) is 9.35 Å². The molecule has 12 heteroatoms. The number of nitrogens with zero attached hydrogens (tertiary/aromatic N) is 4. The number of pyridine rings is 2. The second-order valence-electron chi connectivity index (χ2n) is 9.65. The first-order chi connectivity index (χ1) is 18.2. The van der Waals surface area contributed by atoms with Crippen LogP contribution in [-0.4, -0.2) is 79.4 Å². The van der Waals surface area contributed by atoms with Gasteiger partial charge >= 0.3 is 0 Å². The van der Waals surface area contributed by atoms with Crippen LogP contribution in [0.5, 0.6) is 6.01 Å². The first kappa shape index (κ1) is 25.2. The minimum atomic E-state index is -2.17. The number of imidazole rings is 1. The van der Waals surface area contributed by atoms with Gasteiger partial charge in [0.2, 0.25) is 0 Å². The predicted molar refractivity (Wildman–Crippen MR) is 144 cm³/mol. The van der Waals surface area contributed by atoms with E-state index in [1.165, 1.54) is 0 Å². The van der Waals surface area contributed by atoms with E-state index in [4.69, 9.17) is 25.8 Å². The summed E-state index contributed by atoms with van der Waals surface area (Å²) in [6, 6.07) is 13.6. The number of ether oxygens (including phenoxy) is 3. The number of fused-ring (bicyclic) bond motifs is 2. The maximum absolute atomic E-state index is 11.9. The van der Waals surface area contributed by atoms with E-state index in [1.807, 2.05) is 36.4 Å². The third-order valence-corrected chi connectivity index (χ3v) is 7.53. The molecule has 0 radical (unpaired) electrons. The van der Waals surface area contributed by atoms with E-state index in [1.54, 1.807) is 24.8 Å². The van der Waals surface area contributed by atoms with Gasteiger partial charge in [-0.15, -0.1) is 0 Å². The predicted octanol–water partition coefficient (Wildman–Crippen LogP) is 3.47. The van der Waals surface area contributed by atoms with E-state index in [0.717, 1.165) is 22.4 Å². The molecular formula is C26H26ClN5O5S. The van der Waals surface area contributed by atoms with Crippen molar-refractivity contribution in [1.29, 1.82) is 0 Å². The molecule has 4 aromatic rings. The number of halogens is 1. The molecule has 2 fully saturated rings. The van der Waals surface area contributed by atoms with Gasteiger partial charge in [-0.1, -0.05) is 35.9 Å². The molecule has 3 aromatic heterocycles. The van der Waals surface area contributed by atoms with Crippen LogP contribution in [0.15, 0.2) is 53.0 Å². The van der Waals surface area contributed by atoms with Crippen LogP contribution in [0, 0.1) is 0 Å². The van der Waals surface area contributed by atoms with E-state index in [0.29, 0.717) is 35.0 Å². The topological polar surface area (TPSA) is 132 Å². The molecule has 10 nitrogen and oxygen atoms in total. The fourth-order valence-electron chi connectivity index (χ4n) is 4.60. The van der Waals surface area contributed by atoms with E-state index >= 15 is 0 Å². The largest absolute Gasteiger partial charge is 0.456 e. The summed E-state index contributed by atoms with van der Waals surface area (Å²) < 4.78 is 33.3. The van der Waals surface area contributed by atoms with Crippen LogP contribution in [0.25, 0.3) is 33.7 Å². The molecule has 0 aliphatic carbocycles. The zero-order valence-electron chi connectivity index (χ0n) is 20.7. The van der Waals surface area contributed by atoms with E-state index in [2.05, 4.69) is 24.3 Å². The van der Waals surface area contributed by atoms with Crippen LogP contribution in [0.1, 0.15) is 5.56 Å². The Morgan fingerprint density at radius 2 is 1.87 bits per heavy atom. The zero-order valence-corrected chi connectivity index (χ0v) is 22.3. The van der Waals surface area contributed by atoms with E-state index in [-0.39, 0.29) is 30.9 Å². The minimum Gasteiger partial charge on any atom is -0.456 e. The lowest BCUT2D eigenvalue weighted by Crippen LogP contribution is -2.34. The highest BCUT2D eigenvalue weighted by Gasteiger charge is 2.48. The minimum absolute atomic E-state index is 0.229. The van der Waals surface area contributed by atoms with Crippen molar-refractivity contribution >= 4 is 32.5 Å². The molecule has 38 heavy (non-hydrogen) atoms. The molecule has 0 saturated carbocycles. The summed E-state index contributed by atoms with van der Waals surface area (Å²) in [5.41, 5.74) is 5.19. The Kier molecular flexibility index (Phi) is 6.57. The Morgan fingerprint density at radius 1 is 1.11 bits per heavy atom. The third kappa shape index (κ3) is 5.12. The summed E-state index contributed by atoms with van der Waals surface area (Å²) in [4.78, 5) is 16.7. The lowest BCUT2D eigenvalue weighted by Gasteiger charge is -2.15. The van der Waals surface area contributed by atoms with Gasteiger partial charge in [0.1, 0.15) is 18.3 Å². The van der Waals surface area contributed by atoms with Crippen LogP contribution in [-0.2, 0) is 25.7 Å². The summed E-state index contributed by atoms with van der Waals surface area (Å²) in [5.74, 6) is 0. The van der Waals surface area contributed by atoms with Gasteiger partial charge in [0.05, 0.1) is 41.7 Å². The molecule has 2 N–H and O–H groups in total. The summed E-state index contributed by atoms with van der Waals surface area (Å²) in [5, 5.41) is 10.4. The van der Waals surface area contributed by atoms with Gasteiger partial charge in [-0.05, 0) is 23.8 Å². The van der Waals surface area contributed by atoms with Gasteiger partial charge in [0, 0.05) is 39.6 Å². The average molecular weight is 556 g/mol. The molecule has 0 spiro atoms. The summed E-state index contributed by atoms with van der Waals surface area (Å²) in [6.45, 7) is 0.907. The molecule has 2 aliphatic rings. The number of benzene rings is 1. The maximum atomic E-state index is 11.9. The normalized spacial score (nSPS) is 23.1. The van der Waals surface area contributed by atoms with Crippen LogP contribution in [0.3, 0.4) is 0 Å². The van der Waals surface area contributed by atoms with Gasteiger partial charge in [0.25, 0.3) is 6.01 Å². The van der Waals surface area contributed by atoms with Gasteiger partial charge in [-0.3, -0.25) is 9.19 Å². The summed E-state index contributed by atoms with van der Waals surface area (Å²) in [7, 11) is -2.17. The van der Waals surface area contributed by atoms with Crippen LogP contribution >= 0.6 is 11.6 Å². The van der Waals surface area contributed by atoms with Crippen LogP contribution < -0.4 is 4.74 Å². The molecule has 0 unspecified atom stereocenters. The van der Waals surface area contributed by atoms with Crippen molar-refractivity contribution in [3.63, 3.8) is 0 Å². The Morgan fingerprint density at radius 3 is 2.66 bits per heavy atom. The number of nitrogens with one attached hydrogen (secondary N) is 1. The molecule has 2 aliphatic heterocycles. The summed E-state index contributed by atoms with van der Waals surface area (Å²) in [6.07, 6.45) is 3.22. The Labute approximate surface area is 224 Å². The van der Waals surface area contributed by atoms with E-state index < -0.39 is 15.8 Å². The van der Waals surface area contributed by atoms with Gasteiger partial charge in [0.15, 0.2) is 11.8 Å². The smallest absolute Gasteiger partial charge is 0.296 e. The van der Waals surface area contributed by atoms with Crippen molar-refractivity contribution in [2.45, 2.75) is 31.0 Å². The second kappa shape index (κ2) is 9.90. The quantitative estimate of drug-likeness (QED) is 0.369. The third-order valence-electron chi connectivity index (χ3n) is 6.49. The highest BCUT2D eigenvalue weighted by molar-refractivity contribution is 7.92. The molecular weight excluding hydrogens is 530 g/mol. The molecule has 198 valence electrons. The van der Waals surface area contributed by atoms with Crippen LogP contribution in [0.4, 0.5) is 0 Å². The fourth-order valence-corrected chi connectivity index (χ4v) is 5.32. The Hall–Kier alpha value is -3.09. The second-order valence-corrected chi connectivity index (χ2v) is 12.7. The monoisotopic (exact) mass is 555 g/mol. The van der Waals surface area contributed by atoms with E-state index in [9.17, 15) is 9.32 Å². The van der Waals surface area contributed by atoms with Crippen molar-refractivity contribution in [3.8, 4) is 28.5 Å². The number of rotatable bonds is 6. The molecule has 5 heterocycles. The number of H-pyrrole nitrogens is 1. The Bertz CT molecular complexity index is 1610. The molecule has 6 rings (SSSR count). The standard InChI is InChI=1S/C26H26ClN5O5S/c1-38(2,34)29-11-14-7-8-28-18(9-14)15-3-5-16(6-4-15)22-17(27)10-19-25(31-22)32-26(30-19)37-21-13-36-23-20(33)12-35-24(21)23/h3-10,20-21,23-24,33H,11-13H2,1-2H3,(H,30,31,32)/t20-,21-,23-,24-/m1/s1. The number of hydrogen-bond acceptors (Lipinski definition) is 9. The number of aromatic nitrogens is 4. The van der Waals surface area contributed by atoms with Crippen molar-refractivity contribution < 1.29 is 23.5 Å². The number of aromatic amines is 1. The lowest BCUT2D eigenvalue weighted by molar-refractivity contribution is 0.00706. The van der Waals surface area contributed by atoms with Crippen molar-refractivity contribution in [3.05, 3.63) is 59.2 Å². The number of hydrogen-bond donors (Lipinski definition) is 2. The number of aliphatic hydroxyl groups is 1. The highest BCUT2D eigenvalue weighted by atomic mass is 35.5. The van der Waals surface area contributed by atoms with Crippen molar-refractivity contribution in [2.75, 3.05) is 25.7 Å². The van der Waals surface area contributed by atoms with Gasteiger partial charge < -0.3 is 24.3 Å². The highest BCUT2D eigenvalue weighted by Crippen LogP contribution is 2.33. The lowest BCUT2D eigenvalue weighted by atomic mass is 10.0.